The molecule has 0 radical (unpaired) electrons. The SMILES string of the molecule is CCCCCCCCCCCCCCCCC1(C)OCO/C1=C\C[N+](C)(C)C. The second kappa shape index (κ2) is 14.4. The molecule has 0 N–H and O–H groups in total. The first-order valence-electron chi connectivity index (χ1n) is 12.2. The summed E-state index contributed by atoms with van der Waals surface area (Å²) in [5.41, 5.74) is -0.202. The molecule has 0 bridgehead atoms. The van der Waals surface area contributed by atoms with Crippen molar-refractivity contribution in [2.45, 2.75) is 116 Å². The number of unbranched alkanes of at least 4 members (excludes halogenated alkanes) is 13. The Balaban J connectivity index is 1.99. The van der Waals surface area contributed by atoms with Crippen LogP contribution < -0.4 is 0 Å². The molecule has 3 heteroatoms. The second-order valence-electron chi connectivity index (χ2n) is 10.0. The van der Waals surface area contributed by atoms with Gasteiger partial charge in [0.15, 0.2) is 6.79 Å². The highest BCUT2D eigenvalue weighted by molar-refractivity contribution is 5.11. The largest absolute Gasteiger partial charge is 0.469 e. The fraction of sp³-hybridized carbons (Fsp3) is 0.920. The van der Waals surface area contributed by atoms with Gasteiger partial charge in [-0.2, -0.15) is 0 Å². The predicted molar refractivity (Wildman–Crippen MR) is 121 cm³/mol. The van der Waals surface area contributed by atoms with Crippen LogP contribution in [0.5, 0.6) is 0 Å². The van der Waals surface area contributed by atoms with Crippen LogP contribution in [0.25, 0.3) is 0 Å². The van der Waals surface area contributed by atoms with Gasteiger partial charge >= 0.3 is 0 Å². The molecule has 0 aliphatic carbocycles. The maximum Gasteiger partial charge on any atom is 0.189 e. The minimum absolute atomic E-state index is 0.202. The molecule has 3 nitrogen and oxygen atoms in total. The van der Waals surface area contributed by atoms with E-state index in [0.29, 0.717) is 6.79 Å². The summed E-state index contributed by atoms with van der Waals surface area (Å²) in [7, 11) is 6.62. The Morgan fingerprint density at radius 2 is 1.25 bits per heavy atom. The maximum absolute atomic E-state index is 5.93. The van der Waals surface area contributed by atoms with Crippen LogP contribution in [0, 0.1) is 0 Å². The van der Waals surface area contributed by atoms with Gasteiger partial charge in [-0.15, -0.1) is 0 Å². The van der Waals surface area contributed by atoms with Crippen LogP contribution in [0.4, 0.5) is 0 Å². The molecule has 1 atom stereocenters. The van der Waals surface area contributed by atoms with E-state index in [2.05, 4.69) is 41.1 Å². The van der Waals surface area contributed by atoms with E-state index in [4.69, 9.17) is 9.47 Å². The number of likely N-dealkylation sites (N-methyl/N-ethyl adjacent to an activating group) is 1. The predicted octanol–water partition coefficient (Wildman–Crippen LogP) is 7.21. The lowest BCUT2D eigenvalue weighted by molar-refractivity contribution is -0.864. The van der Waals surface area contributed by atoms with Crippen molar-refractivity contribution < 1.29 is 14.0 Å². The Bertz CT molecular complexity index is 413. The highest BCUT2D eigenvalue weighted by Crippen LogP contribution is 2.34. The number of hydrogen-bond acceptors (Lipinski definition) is 2. The molecule has 0 aromatic carbocycles. The van der Waals surface area contributed by atoms with Crippen molar-refractivity contribution in [1.82, 2.24) is 0 Å². The lowest BCUT2D eigenvalue weighted by Gasteiger charge is -2.25. The van der Waals surface area contributed by atoms with Gasteiger partial charge in [-0.05, 0) is 13.3 Å². The van der Waals surface area contributed by atoms with Crippen LogP contribution >= 0.6 is 0 Å². The highest BCUT2D eigenvalue weighted by Gasteiger charge is 2.36. The molecule has 166 valence electrons. The monoisotopic (exact) mass is 396 g/mol. The topological polar surface area (TPSA) is 18.5 Å². The smallest absolute Gasteiger partial charge is 0.189 e. The van der Waals surface area contributed by atoms with E-state index in [1.165, 1.54) is 89.9 Å². The van der Waals surface area contributed by atoms with Gasteiger partial charge in [-0.3, -0.25) is 0 Å². The Kier molecular flexibility index (Phi) is 13.2. The first-order chi connectivity index (χ1) is 13.4. The Labute approximate surface area is 176 Å². The van der Waals surface area contributed by atoms with E-state index in [9.17, 15) is 0 Å². The summed E-state index contributed by atoms with van der Waals surface area (Å²) >= 11 is 0. The third kappa shape index (κ3) is 12.1. The molecule has 0 aromatic heterocycles. The average molecular weight is 397 g/mol. The van der Waals surface area contributed by atoms with Gasteiger partial charge in [-0.1, -0.05) is 96.8 Å². The standard InChI is InChI=1S/C25H50NO2/c1-6-7-8-9-10-11-12-13-14-15-16-17-18-19-21-25(2)24(27-23-28-25)20-22-26(3,4)5/h20H,6-19,21-23H2,1-5H3/q+1/b24-20-. The maximum atomic E-state index is 5.93. The molecule has 1 fully saturated rings. The van der Waals surface area contributed by atoms with Crippen LogP contribution in [0.2, 0.25) is 0 Å². The lowest BCUT2D eigenvalue weighted by atomic mass is 9.95. The van der Waals surface area contributed by atoms with E-state index >= 15 is 0 Å². The van der Waals surface area contributed by atoms with Crippen molar-refractivity contribution in [1.29, 1.82) is 0 Å². The zero-order valence-corrected chi connectivity index (χ0v) is 19.9. The summed E-state index contributed by atoms with van der Waals surface area (Å²) in [6.45, 7) is 5.88. The number of hydrogen-bond donors (Lipinski definition) is 0. The third-order valence-corrected chi connectivity index (χ3v) is 5.94. The number of ether oxygens (including phenoxy) is 2. The van der Waals surface area contributed by atoms with Crippen LogP contribution in [-0.2, 0) is 9.47 Å². The molecule has 1 aliphatic heterocycles. The fourth-order valence-corrected chi connectivity index (χ4v) is 3.93. The van der Waals surface area contributed by atoms with Gasteiger partial charge in [0.05, 0.1) is 21.1 Å². The van der Waals surface area contributed by atoms with Crippen LogP contribution in [0.1, 0.15) is 110 Å². The molecule has 0 aromatic rings. The zero-order chi connectivity index (χ0) is 20.7. The van der Waals surface area contributed by atoms with E-state index < -0.39 is 0 Å². The molecule has 1 heterocycles. The molecule has 1 rings (SSSR count). The molecule has 28 heavy (non-hydrogen) atoms. The van der Waals surface area contributed by atoms with Crippen molar-refractivity contribution in [3.05, 3.63) is 11.8 Å². The molecule has 0 amide bonds. The van der Waals surface area contributed by atoms with E-state index in [0.717, 1.165) is 23.2 Å². The Hall–Kier alpha value is -0.540. The van der Waals surface area contributed by atoms with Gasteiger partial charge in [0.1, 0.15) is 17.9 Å². The van der Waals surface area contributed by atoms with Crippen molar-refractivity contribution in [3.8, 4) is 0 Å². The highest BCUT2D eigenvalue weighted by atomic mass is 16.7. The van der Waals surface area contributed by atoms with Crippen molar-refractivity contribution in [3.63, 3.8) is 0 Å². The summed E-state index contributed by atoms with van der Waals surface area (Å²) in [6.07, 6.45) is 23.0. The second-order valence-corrected chi connectivity index (χ2v) is 10.0. The minimum Gasteiger partial charge on any atom is -0.469 e. The van der Waals surface area contributed by atoms with E-state index in [-0.39, 0.29) is 5.60 Å². The first-order valence-corrected chi connectivity index (χ1v) is 12.2. The van der Waals surface area contributed by atoms with Crippen LogP contribution in [-0.4, -0.2) is 44.6 Å². The van der Waals surface area contributed by atoms with Gasteiger partial charge in [0, 0.05) is 6.08 Å². The Morgan fingerprint density at radius 1 is 0.786 bits per heavy atom. The van der Waals surface area contributed by atoms with E-state index in [1.807, 2.05) is 0 Å². The number of quaternary nitrogens is 1. The molecule has 0 spiro atoms. The third-order valence-electron chi connectivity index (χ3n) is 5.94. The molecule has 1 unspecified atom stereocenters. The van der Waals surface area contributed by atoms with Gasteiger partial charge in [0.25, 0.3) is 0 Å². The quantitative estimate of drug-likeness (QED) is 0.191. The van der Waals surface area contributed by atoms with Crippen molar-refractivity contribution in [2.24, 2.45) is 0 Å². The summed E-state index contributed by atoms with van der Waals surface area (Å²) in [5, 5.41) is 0. The summed E-state index contributed by atoms with van der Waals surface area (Å²) in [4.78, 5) is 0. The van der Waals surface area contributed by atoms with Gasteiger partial charge < -0.3 is 14.0 Å². The average Bonchev–Trinajstić information content (AvgIpc) is 3.00. The number of rotatable bonds is 17. The molecular formula is C25H50NO2+. The Morgan fingerprint density at radius 3 is 1.71 bits per heavy atom. The first kappa shape index (κ1) is 25.5. The van der Waals surface area contributed by atoms with E-state index in [1.54, 1.807) is 0 Å². The summed E-state index contributed by atoms with van der Waals surface area (Å²) in [5.74, 6) is 1.05. The fourth-order valence-electron chi connectivity index (χ4n) is 3.93. The summed E-state index contributed by atoms with van der Waals surface area (Å²) in [6, 6.07) is 0. The molecule has 1 aliphatic rings. The van der Waals surface area contributed by atoms with Crippen molar-refractivity contribution >= 4 is 0 Å². The van der Waals surface area contributed by atoms with Crippen molar-refractivity contribution in [2.75, 3.05) is 34.5 Å². The minimum atomic E-state index is -0.202. The van der Waals surface area contributed by atoms with Crippen LogP contribution in [0.15, 0.2) is 11.8 Å². The molecule has 0 saturated carbocycles. The van der Waals surface area contributed by atoms with Gasteiger partial charge in [0.2, 0.25) is 0 Å². The molecular weight excluding hydrogens is 346 g/mol. The molecule has 1 saturated heterocycles. The lowest BCUT2D eigenvalue weighted by Crippen LogP contribution is -2.35. The zero-order valence-electron chi connectivity index (χ0n) is 19.9. The summed E-state index contributed by atoms with van der Waals surface area (Å²) < 4.78 is 12.6. The number of nitrogens with zero attached hydrogens (tertiary/aromatic N) is 1. The van der Waals surface area contributed by atoms with Gasteiger partial charge in [-0.25, -0.2) is 0 Å². The van der Waals surface area contributed by atoms with Crippen LogP contribution in [0.3, 0.4) is 0 Å². The normalized spacial score (nSPS) is 21.4.